The molecule has 1 aliphatic heterocycles. The third-order valence-electron chi connectivity index (χ3n) is 5.47. The van der Waals surface area contributed by atoms with Gasteiger partial charge in [0.15, 0.2) is 0 Å². The van der Waals surface area contributed by atoms with E-state index in [0.29, 0.717) is 13.1 Å². The number of urea groups is 1. The predicted octanol–water partition coefficient (Wildman–Crippen LogP) is 2.08. The normalized spacial score (nSPS) is 14.4. The number of benzene rings is 1. The van der Waals surface area contributed by atoms with Crippen LogP contribution in [0.25, 0.3) is 0 Å². The Morgan fingerprint density at radius 3 is 2.35 bits per heavy atom. The van der Waals surface area contributed by atoms with Crippen molar-refractivity contribution in [1.29, 1.82) is 0 Å². The van der Waals surface area contributed by atoms with E-state index >= 15 is 0 Å². The van der Waals surface area contributed by atoms with Crippen molar-refractivity contribution < 1.29 is 4.79 Å². The average Bonchev–Trinajstić information content (AvgIpc) is 3.31. The number of anilines is 1. The highest BCUT2D eigenvalue weighted by molar-refractivity contribution is 5.73. The van der Waals surface area contributed by atoms with Gasteiger partial charge in [-0.2, -0.15) is 5.10 Å². The second kappa shape index (κ2) is 10.1. The molecule has 0 saturated carbocycles. The lowest BCUT2D eigenvalue weighted by Crippen LogP contribution is -2.44. The van der Waals surface area contributed by atoms with Gasteiger partial charge < -0.3 is 20.4 Å². The van der Waals surface area contributed by atoms with Crippen molar-refractivity contribution >= 4 is 11.8 Å². The van der Waals surface area contributed by atoms with Crippen LogP contribution < -0.4 is 15.5 Å². The number of pyridine rings is 1. The zero-order chi connectivity index (χ0) is 21.5. The summed E-state index contributed by atoms with van der Waals surface area (Å²) in [6, 6.07) is 13.9. The van der Waals surface area contributed by atoms with Gasteiger partial charge in [-0.15, -0.1) is 0 Å². The van der Waals surface area contributed by atoms with Crippen LogP contribution in [0.15, 0.2) is 61.1 Å². The molecule has 0 radical (unpaired) electrons. The van der Waals surface area contributed by atoms with E-state index in [1.54, 1.807) is 6.20 Å². The molecule has 1 fully saturated rings. The van der Waals surface area contributed by atoms with E-state index in [1.807, 2.05) is 41.3 Å². The number of carbonyl (C=O) groups is 1. The minimum atomic E-state index is -0.182. The maximum Gasteiger partial charge on any atom is 0.315 e. The smallest absolute Gasteiger partial charge is 0.315 e. The second-order valence-corrected chi connectivity index (χ2v) is 7.87. The monoisotopic (exact) mass is 419 g/mol. The number of likely N-dealkylation sites (N-methyl/N-ethyl adjacent to an activating group) is 1. The van der Waals surface area contributed by atoms with E-state index < -0.39 is 0 Å². The van der Waals surface area contributed by atoms with E-state index in [4.69, 9.17) is 0 Å². The number of amides is 2. The van der Waals surface area contributed by atoms with Crippen molar-refractivity contribution in [2.75, 3.05) is 38.1 Å². The van der Waals surface area contributed by atoms with Crippen LogP contribution in [0.2, 0.25) is 0 Å². The standard InChI is InChI=1S/C23H29N7O/c1-28-11-13-29(14-12-28)22-15-21(7-9-24-22)17-26-23(31)25-16-19-3-5-20(6-4-19)18-30-10-2-8-27-30/h2-10,15H,11-14,16-18H2,1H3,(H2,25,26,31). The van der Waals surface area contributed by atoms with Gasteiger partial charge in [0.1, 0.15) is 5.82 Å². The summed E-state index contributed by atoms with van der Waals surface area (Å²) in [7, 11) is 2.14. The SMILES string of the molecule is CN1CCN(c2cc(CNC(=O)NCc3ccc(Cn4cccn4)cc3)ccn2)CC1. The van der Waals surface area contributed by atoms with Gasteiger partial charge in [-0.25, -0.2) is 9.78 Å². The maximum absolute atomic E-state index is 12.2. The Balaban J connectivity index is 1.22. The molecule has 8 nitrogen and oxygen atoms in total. The molecule has 31 heavy (non-hydrogen) atoms. The summed E-state index contributed by atoms with van der Waals surface area (Å²) in [6.45, 7) is 5.72. The molecule has 0 bridgehead atoms. The van der Waals surface area contributed by atoms with Crippen molar-refractivity contribution in [2.45, 2.75) is 19.6 Å². The molecular formula is C23H29N7O. The van der Waals surface area contributed by atoms with Crippen molar-refractivity contribution in [3.8, 4) is 0 Å². The number of piperazine rings is 1. The van der Waals surface area contributed by atoms with Crippen LogP contribution in [0, 0.1) is 0 Å². The van der Waals surface area contributed by atoms with Gasteiger partial charge in [0.2, 0.25) is 0 Å². The van der Waals surface area contributed by atoms with Crippen LogP contribution in [0.1, 0.15) is 16.7 Å². The summed E-state index contributed by atoms with van der Waals surface area (Å²) in [5, 5.41) is 10.1. The first-order valence-electron chi connectivity index (χ1n) is 10.6. The molecule has 4 rings (SSSR count). The highest BCUT2D eigenvalue weighted by atomic mass is 16.2. The number of nitrogens with one attached hydrogen (secondary N) is 2. The van der Waals surface area contributed by atoms with Gasteiger partial charge >= 0.3 is 6.03 Å². The molecule has 3 aromatic rings. The number of rotatable bonds is 7. The van der Waals surface area contributed by atoms with Crippen molar-refractivity contribution in [3.63, 3.8) is 0 Å². The molecule has 0 atom stereocenters. The van der Waals surface area contributed by atoms with E-state index in [2.05, 4.69) is 55.8 Å². The van der Waals surface area contributed by atoms with Gasteiger partial charge in [-0.05, 0) is 41.9 Å². The number of aromatic nitrogens is 3. The van der Waals surface area contributed by atoms with Gasteiger partial charge in [-0.3, -0.25) is 4.68 Å². The Labute approximate surface area is 182 Å². The molecule has 0 spiro atoms. The van der Waals surface area contributed by atoms with Gasteiger partial charge in [0.25, 0.3) is 0 Å². The first-order valence-corrected chi connectivity index (χ1v) is 10.6. The molecule has 3 heterocycles. The zero-order valence-electron chi connectivity index (χ0n) is 17.9. The third kappa shape index (κ3) is 6.05. The van der Waals surface area contributed by atoms with Crippen molar-refractivity contribution in [3.05, 3.63) is 77.7 Å². The largest absolute Gasteiger partial charge is 0.354 e. The molecule has 8 heteroatoms. The molecule has 1 aromatic carbocycles. The van der Waals surface area contributed by atoms with Gasteiger partial charge in [-0.1, -0.05) is 24.3 Å². The third-order valence-corrected chi connectivity index (χ3v) is 5.47. The Morgan fingerprint density at radius 1 is 0.935 bits per heavy atom. The number of hydrogen-bond donors (Lipinski definition) is 2. The zero-order valence-corrected chi connectivity index (χ0v) is 17.9. The van der Waals surface area contributed by atoms with Crippen molar-refractivity contribution in [1.82, 2.24) is 30.3 Å². The molecule has 0 unspecified atom stereocenters. The summed E-state index contributed by atoms with van der Waals surface area (Å²) >= 11 is 0. The molecule has 162 valence electrons. The van der Waals surface area contributed by atoms with E-state index in [-0.39, 0.29) is 6.03 Å². The number of nitrogens with zero attached hydrogens (tertiary/aromatic N) is 5. The van der Waals surface area contributed by atoms with Crippen LogP contribution in [0.4, 0.5) is 10.6 Å². The molecule has 0 aliphatic carbocycles. The fraction of sp³-hybridized carbons (Fsp3) is 0.348. The lowest BCUT2D eigenvalue weighted by atomic mass is 10.1. The van der Waals surface area contributed by atoms with E-state index in [9.17, 15) is 4.79 Å². The molecule has 1 saturated heterocycles. The van der Waals surface area contributed by atoms with Crippen molar-refractivity contribution in [2.24, 2.45) is 0 Å². The number of carbonyl (C=O) groups excluding carboxylic acids is 1. The minimum absolute atomic E-state index is 0.182. The molecule has 2 amide bonds. The fourth-order valence-electron chi connectivity index (χ4n) is 3.55. The van der Waals surface area contributed by atoms with Gasteiger partial charge in [0.05, 0.1) is 6.54 Å². The van der Waals surface area contributed by atoms with Crippen LogP contribution in [0.5, 0.6) is 0 Å². The lowest BCUT2D eigenvalue weighted by molar-refractivity contribution is 0.240. The lowest BCUT2D eigenvalue weighted by Gasteiger charge is -2.33. The van der Waals surface area contributed by atoms with Crippen LogP contribution in [0.3, 0.4) is 0 Å². The maximum atomic E-state index is 12.2. The highest BCUT2D eigenvalue weighted by Crippen LogP contribution is 2.14. The summed E-state index contributed by atoms with van der Waals surface area (Å²) in [5.41, 5.74) is 3.27. The number of hydrogen-bond acceptors (Lipinski definition) is 5. The average molecular weight is 420 g/mol. The Morgan fingerprint density at radius 2 is 1.65 bits per heavy atom. The van der Waals surface area contributed by atoms with Crippen LogP contribution in [-0.4, -0.2) is 58.9 Å². The molecular weight excluding hydrogens is 390 g/mol. The summed E-state index contributed by atoms with van der Waals surface area (Å²) < 4.78 is 1.88. The van der Waals surface area contributed by atoms with E-state index in [0.717, 1.165) is 49.7 Å². The first-order chi connectivity index (χ1) is 15.2. The van der Waals surface area contributed by atoms with Gasteiger partial charge in [0, 0.05) is 57.9 Å². The summed E-state index contributed by atoms with van der Waals surface area (Å²) in [6.07, 6.45) is 5.53. The Kier molecular flexibility index (Phi) is 6.78. The molecule has 2 aromatic heterocycles. The summed E-state index contributed by atoms with van der Waals surface area (Å²) in [5.74, 6) is 0.975. The summed E-state index contributed by atoms with van der Waals surface area (Å²) in [4.78, 5) is 21.3. The predicted molar refractivity (Wildman–Crippen MR) is 121 cm³/mol. The quantitative estimate of drug-likeness (QED) is 0.613. The van der Waals surface area contributed by atoms with Crippen LogP contribution >= 0.6 is 0 Å². The minimum Gasteiger partial charge on any atom is -0.354 e. The first kappa shape index (κ1) is 20.9. The van der Waals surface area contributed by atoms with E-state index in [1.165, 1.54) is 5.56 Å². The molecule has 2 N–H and O–H groups in total. The molecule has 1 aliphatic rings. The Hall–Kier alpha value is -3.39. The fourth-order valence-corrected chi connectivity index (χ4v) is 3.55. The second-order valence-electron chi connectivity index (χ2n) is 7.87. The van der Waals surface area contributed by atoms with Crippen LogP contribution in [-0.2, 0) is 19.6 Å². The topological polar surface area (TPSA) is 78.3 Å². The Bertz CT molecular complexity index is 964. The highest BCUT2D eigenvalue weighted by Gasteiger charge is 2.15.